The molecule has 0 spiro atoms. The lowest BCUT2D eigenvalue weighted by atomic mass is 9.98. The van der Waals surface area contributed by atoms with Crippen LogP contribution in [0.5, 0.6) is 0 Å². The Kier molecular flexibility index (Phi) is 9.13. The van der Waals surface area contributed by atoms with E-state index in [1.807, 2.05) is 0 Å². The van der Waals surface area contributed by atoms with Crippen molar-refractivity contribution in [2.24, 2.45) is 0 Å². The van der Waals surface area contributed by atoms with E-state index in [1.54, 1.807) is 6.92 Å². The van der Waals surface area contributed by atoms with E-state index in [0.29, 0.717) is 0 Å². The SMILES string of the molecule is CC(=O)OC[C@@H]1O[C@@H](OC(C)=O)[C@@H](OS(=O)(=O)c2ccc(C)cc2)[C@@H](OC(C)=O)[C@@H]1OC(C)=O. The summed E-state index contributed by atoms with van der Waals surface area (Å²) in [7, 11) is -4.50. The second kappa shape index (κ2) is 11.4. The zero-order chi connectivity index (χ0) is 25.6. The van der Waals surface area contributed by atoms with Crippen LogP contribution < -0.4 is 0 Å². The summed E-state index contributed by atoms with van der Waals surface area (Å²) in [5.74, 6) is -3.27. The van der Waals surface area contributed by atoms with E-state index in [0.717, 1.165) is 33.3 Å². The molecule has 0 radical (unpaired) electrons. The Labute approximate surface area is 196 Å². The largest absolute Gasteiger partial charge is 0.463 e. The highest BCUT2D eigenvalue weighted by Gasteiger charge is 2.54. The predicted molar refractivity (Wildman–Crippen MR) is 111 cm³/mol. The molecule has 1 saturated heterocycles. The Morgan fingerprint density at radius 3 is 1.82 bits per heavy atom. The number of benzene rings is 1. The van der Waals surface area contributed by atoms with Gasteiger partial charge in [-0.1, -0.05) is 17.7 Å². The number of rotatable bonds is 8. The molecule has 1 heterocycles. The van der Waals surface area contributed by atoms with Gasteiger partial charge in [0.1, 0.15) is 12.7 Å². The van der Waals surface area contributed by atoms with E-state index >= 15 is 0 Å². The lowest BCUT2D eigenvalue weighted by molar-refractivity contribution is -0.291. The van der Waals surface area contributed by atoms with Gasteiger partial charge in [-0.05, 0) is 19.1 Å². The van der Waals surface area contributed by atoms with Crippen LogP contribution in [0.1, 0.15) is 33.3 Å². The average molecular weight is 502 g/mol. The number of ether oxygens (including phenoxy) is 5. The molecule has 0 unspecified atom stereocenters. The molecule has 0 aromatic heterocycles. The van der Waals surface area contributed by atoms with Crippen molar-refractivity contribution in [3.63, 3.8) is 0 Å². The second-order valence-electron chi connectivity index (χ2n) is 7.43. The van der Waals surface area contributed by atoms with Crippen LogP contribution in [0.15, 0.2) is 29.2 Å². The van der Waals surface area contributed by atoms with Crippen LogP contribution in [0.4, 0.5) is 0 Å². The Hall–Kier alpha value is -3.03. The topological polar surface area (TPSA) is 158 Å². The molecule has 1 aromatic carbocycles. The summed E-state index contributed by atoms with van der Waals surface area (Å²) in [6.45, 7) is 5.52. The second-order valence-corrected chi connectivity index (χ2v) is 9.00. The third-order valence-electron chi connectivity index (χ3n) is 4.48. The van der Waals surface area contributed by atoms with Crippen molar-refractivity contribution in [2.75, 3.05) is 6.61 Å². The summed E-state index contributed by atoms with van der Waals surface area (Å²) in [5, 5.41) is 0. The van der Waals surface area contributed by atoms with Crippen molar-refractivity contribution in [1.82, 2.24) is 0 Å². The fraction of sp³-hybridized carbons (Fsp3) is 0.524. The lowest BCUT2D eigenvalue weighted by Crippen LogP contribution is -2.63. The van der Waals surface area contributed by atoms with E-state index in [4.69, 9.17) is 27.9 Å². The van der Waals surface area contributed by atoms with Crippen molar-refractivity contribution in [1.29, 1.82) is 0 Å². The molecule has 0 aliphatic carbocycles. The van der Waals surface area contributed by atoms with E-state index in [9.17, 15) is 27.6 Å². The van der Waals surface area contributed by atoms with Crippen LogP contribution in [0, 0.1) is 6.92 Å². The van der Waals surface area contributed by atoms with Crippen molar-refractivity contribution in [3.05, 3.63) is 29.8 Å². The Bertz CT molecular complexity index is 1020. The van der Waals surface area contributed by atoms with E-state index in [2.05, 4.69) is 0 Å². The first-order valence-corrected chi connectivity index (χ1v) is 11.5. The number of esters is 4. The standard InChI is InChI=1S/C21H26O12S/c1-11-6-8-16(9-7-11)34(26,27)33-20-19(30-14(4)24)18(29-13(3)23)17(10-28-12(2)22)32-21(20)31-15(5)25/h6-9,17-21H,10H2,1-5H3/t17-,18+,19-,20-,21+/m0/s1. The van der Waals surface area contributed by atoms with Gasteiger partial charge in [-0.25, -0.2) is 0 Å². The maximum Gasteiger partial charge on any atom is 0.305 e. The minimum atomic E-state index is -4.50. The molecular weight excluding hydrogens is 476 g/mol. The van der Waals surface area contributed by atoms with Crippen LogP contribution >= 0.6 is 0 Å². The molecule has 34 heavy (non-hydrogen) atoms. The summed E-state index contributed by atoms with van der Waals surface area (Å²) in [6, 6.07) is 5.67. The van der Waals surface area contributed by atoms with E-state index in [1.165, 1.54) is 24.3 Å². The van der Waals surface area contributed by atoms with Gasteiger partial charge < -0.3 is 23.7 Å². The van der Waals surface area contributed by atoms with Crippen LogP contribution in [-0.4, -0.2) is 69.6 Å². The first kappa shape index (κ1) is 27.2. The Morgan fingerprint density at radius 2 is 1.32 bits per heavy atom. The molecule has 1 fully saturated rings. The third-order valence-corrected chi connectivity index (χ3v) is 5.80. The van der Waals surface area contributed by atoms with Gasteiger partial charge >= 0.3 is 23.9 Å². The third kappa shape index (κ3) is 7.50. The molecule has 2 rings (SSSR count). The van der Waals surface area contributed by atoms with Gasteiger partial charge in [0.15, 0.2) is 18.3 Å². The quantitative estimate of drug-likeness (QED) is 0.280. The zero-order valence-corrected chi connectivity index (χ0v) is 20.0. The van der Waals surface area contributed by atoms with Gasteiger partial charge in [0.25, 0.3) is 10.1 Å². The molecule has 0 amide bonds. The van der Waals surface area contributed by atoms with Gasteiger partial charge in [-0.2, -0.15) is 8.42 Å². The molecular formula is C21H26O12S. The first-order chi connectivity index (χ1) is 15.8. The summed E-state index contributed by atoms with van der Waals surface area (Å²) < 4.78 is 57.3. The highest BCUT2D eigenvalue weighted by atomic mass is 32.2. The number of carbonyl (C=O) groups is 4. The molecule has 0 bridgehead atoms. The van der Waals surface area contributed by atoms with Gasteiger partial charge in [0.05, 0.1) is 4.90 Å². The van der Waals surface area contributed by atoms with Crippen LogP contribution in [0.3, 0.4) is 0 Å². The lowest BCUT2D eigenvalue weighted by Gasteiger charge is -2.43. The molecule has 1 aliphatic rings. The highest BCUT2D eigenvalue weighted by Crippen LogP contribution is 2.32. The maximum absolute atomic E-state index is 13.0. The van der Waals surface area contributed by atoms with Crippen LogP contribution in [0.25, 0.3) is 0 Å². The molecule has 5 atom stereocenters. The number of hydrogen-bond acceptors (Lipinski definition) is 12. The normalized spacial score (nSPS) is 24.6. The fourth-order valence-electron chi connectivity index (χ4n) is 3.14. The van der Waals surface area contributed by atoms with Crippen molar-refractivity contribution >= 4 is 34.0 Å². The molecule has 0 N–H and O–H groups in total. The van der Waals surface area contributed by atoms with Crippen LogP contribution in [-0.2, 0) is 57.2 Å². The van der Waals surface area contributed by atoms with Gasteiger partial charge in [0, 0.05) is 27.7 Å². The minimum Gasteiger partial charge on any atom is -0.463 e. The molecule has 1 aromatic rings. The van der Waals surface area contributed by atoms with Gasteiger partial charge in [-0.3, -0.25) is 23.4 Å². The van der Waals surface area contributed by atoms with E-state index in [-0.39, 0.29) is 4.90 Å². The summed E-state index contributed by atoms with van der Waals surface area (Å²) in [4.78, 5) is 46.4. The van der Waals surface area contributed by atoms with Crippen molar-refractivity contribution < 1.29 is 55.5 Å². The average Bonchev–Trinajstić information content (AvgIpc) is 2.70. The smallest absolute Gasteiger partial charge is 0.305 e. The number of hydrogen-bond donors (Lipinski definition) is 0. The number of aryl methyl sites for hydroxylation is 1. The Balaban J connectivity index is 2.52. The highest BCUT2D eigenvalue weighted by molar-refractivity contribution is 7.86. The molecule has 12 nitrogen and oxygen atoms in total. The maximum atomic E-state index is 13.0. The monoisotopic (exact) mass is 502 g/mol. The summed E-state index contributed by atoms with van der Waals surface area (Å²) in [6.07, 6.45) is -7.86. The summed E-state index contributed by atoms with van der Waals surface area (Å²) >= 11 is 0. The first-order valence-electron chi connectivity index (χ1n) is 10.1. The van der Waals surface area contributed by atoms with Gasteiger partial charge in [0.2, 0.25) is 6.29 Å². The fourth-order valence-corrected chi connectivity index (χ4v) is 4.21. The molecule has 0 saturated carbocycles. The molecule has 188 valence electrons. The number of carbonyl (C=O) groups excluding carboxylic acids is 4. The molecule has 1 aliphatic heterocycles. The predicted octanol–water partition coefficient (Wildman–Crippen LogP) is 0.783. The van der Waals surface area contributed by atoms with Gasteiger partial charge in [-0.15, -0.1) is 0 Å². The zero-order valence-electron chi connectivity index (χ0n) is 19.2. The van der Waals surface area contributed by atoms with Crippen molar-refractivity contribution in [3.8, 4) is 0 Å². The van der Waals surface area contributed by atoms with E-state index < -0.39 is 71.3 Å². The van der Waals surface area contributed by atoms with Crippen LogP contribution in [0.2, 0.25) is 0 Å². The minimum absolute atomic E-state index is 0.229. The Morgan fingerprint density at radius 1 is 0.794 bits per heavy atom. The summed E-state index contributed by atoms with van der Waals surface area (Å²) in [5.41, 5.74) is 0.791. The molecule has 13 heteroatoms. The van der Waals surface area contributed by atoms with Crippen molar-refractivity contribution in [2.45, 2.75) is 70.2 Å².